The van der Waals surface area contributed by atoms with Gasteiger partial charge in [-0.15, -0.1) is 0 Å². The largest absolute Gasteiger partial charge is 0.482 e. The summed E-state index contributed by atoms with van der Waals surface area (Å²) in [6, 6.07) is 1.48. The molecule has 0 radical (unpaired) electrons. The van der Waals surface area contributed by atoms with Crippen LogP contribution in [0.3, 0.4) is 0 Å². The highest BCUT2D eigenvalue weighted by atomic mass is 19.3. The molecule has 0 bridgehead atoms. The molecule has 0 saturated carbocycles. The van der Waals surface area contributed by atoms with E-state index in [0.29, 0.717) is 0 Å². The molecule has 0 aromatic carbocycles. The molecule has 1 unspecified atom stereocenters. The van der Waals surface area contributed by atoms with E-state index in [1.54, 1.807) is 0 Å². The minimum atomic E-state index is -3.55. The third-order valence-electron chi connectivity index (χ3n) is 3.21. The fraction of sp³-hybridized carbons (Fsp3) is 0.500. The van der Waals surface area contributed by atoms with Gasteiger partial charge in [-0.1, -0.05) is 11.9 Å². The van der Waals surface area contributed by atoms with Crippen molar-refractivity contribution in [3.63, 3.8) is 0 Å². The van der Waals surface area contributed by atoms with Crippen LogP contribution in [0.15, 0.2) is 17.1 Å². The van der Waals surface area contributed by atoms with Gasteiger partial charge in [-0.2, -0.15) is 8.78 Å². The first-order valence-corrected chi connectivity index (χ1v) is 6.06. The van der Waals surface area contributed by atoms with E-state index in [-0.39, 0.29) is 18.8 Å². The number of nitrogens with zero attached hydrogens (tertiary/aromatic N) is 2. The molecule has 0 amide bonds. The lowest BCUT2D eigenvalue weighted by Crippen LogP contribution is -2.54. The first kappa shape index (κ1) is 15.4. The van der Waals surface area contributed by atoms with Crippen molar-refractivity contribution in [1.29, 1.82) is 0 Å². The molecule has 1 aromatic heterocycles. The average Bonchev–Trinajstić information content (AvgIpc) is 2.43. The Labute approximate surface area is 118 Å². The number of halogens is 3. The summed E-state index contributed by atoms with van der Waals surface area (Å²) in [5.74, 6) is -4.88. The summed E-state index contributed by atoms with van der Waals surface area (Å²) in [5, 5.41) is 0. The molecular formula is C12H14F3N4O2-. The lowest BCUT2D eigenvalue weighted by Gasteiger charge is -2.41. The van der Waals surface area contributed by atoms with Gasteiger partial charge < -0.3 is 25.9 Å². The molecule has 1 aliphatic rings. The van der Waals surface area contributed by atoms with Crippen LogP contribution in [0.5, 0.6) is 0 Å². The van der Waals surface area contributed by atoms with Crippen molar-refractivity contribution in [2.24, 2.45) is 10.7 Å². The second-order valence-corrected chi connectivity index (χ2v) is 4.57. The Kier molecular flexibility index (Phi) is 3.95. The summed E-state index contributed by atoms with van der Waals surface area (Å²) in [6.45, 7) is -1.16. The lowest BCUT2D eigenvalue weighted by molar-refractivity contribution is -0.131. The van der Waals surface area contributed by atoms with E-state index in [0.717, 1.165) is 12.1 Å². The van der Waals surface area contributed by atoms with Gasteiger partial charge in [-0.3, -0.25) is 0 Å². The quantitative estimate of drug-likeness (QED) is 0.921. The highest BCUT2D eigenvalue weighted by molar-refractivity contribution is 5.73. The molecule has 0 aliphatic carbocycles. The van der Waals surface area contributed by atoms with Gasteiger partial charge in [0, 0.05) is 25.8 Å². The number of amidine groups is 1. The van der Waals surface area contributed by atoms with Crippen LogP contribution in [0, 0.1) is 5.82 Å². The maximum absolute atomic E-state index is 14.4. The van der Waals surface area contributed by atoms with E-state index >= 15 is 0 Å². The molecule has 2 rings (SSSR count). The zero-order valence-corrected chi connectivity index (χ0v) is 11.2. The van der Waals surface area contributed by atoms with Gasteiger partial charge in [-0.25, -0.2) is 9.38 Å². The molecule has 1 aromatic rings. The van der Waals surface area contributed by atoms with E-state index in [2.05, 4.69) is 14.7 Å². The van der Waals surface area contributed by atoms with Crippen LogP contribution in [0.4, 0.5) is 19.0 Å². The number of aromatic nitrogens is 1. The van der Waals surface area contributed by atoms with Gasteiger partial charge in [0.15, 0.2) is 12.1 Å². The third-order valence-corrected chi connectivity index (χ3v) is 3.21. The van der Waals surface area contributed by atoms with Crippen LogP contribution in [-0.2, 0) is 15.0 Å². The fourth-order valence-corrected chi connectivity index (χ4v) is 2.15. The molecule has 6 nitrogen and oxygen atoms in total. The molecular weight excluding hydrogens is 289 g/mol. The highest BCUT2D eigenvalue weighted by Crippen LogP contribution is 2.46. The normalized spacial score (nSPS) is 24.3. The number of ether oxygens (including phenoxy) is 2. The summed E-state index contributed by atoms with van der Waals surface area (Å²) in [6.07, 6.45) is -0.353. The lowest BCUT2D eigenvalue weighted by atomic mass is 9.83. The molecule has 116 valence electrons. The van der Waals surface area contributed by atoms with Gasteiger partial charge in [0.1, 0.15) is 5.82 Å². The van der Waals surface area contributed by atoms with Crippen molar-refractivity contribution in [3.8, 4) is 0 Å². The van der Waals surface area contributed by atoms with Crippen molar-refractivity contribution in [2.45, 2.75) is 17.9 Å². The van der Waals surface area contributed by atoms with Gasteiger partial charge in [0.25, 0.3) is 6.02 Å². The Bertz CT molecular complexity index is 567. The number of alkyl halides is 2. The van der Waals surface area contributed by atoms with E-state index in [4.69, 9.17) is 16.2 Å². The summed E-state index contributed by atoms with van der Waals surface area (Å²) in [5.41, 5.74) is 9.82. The Balaban J connectivity index is 2.66. The van der Waals surface area contributed by atoms with Crippen LogP contribution >= 0.6 is 0 Å². The minimum Gasteiger partial charge on any atom is -0.482 e. The number of methoxy groups -OCH3 is 1. The maximum atomic E-state index is 14.4. The first-order valence-electron chi connectivity index (χ1n) is 6.06. The van der Waals surface area contributed by atoms with Crippen LogP contribution in [-0.4, -0.2) is 37.3 Å². The van der Waals surface area contributed by atoms with E-state index in [9.17, 15) is 13.2 Å². The Morgan fingerprint density at radius 3 is 2.86 bits per heavy atom. The van der Waals surface area contributed by atoms with Gasteiger partial charge >= 0.3 is 5.92 Å². The van der Waals surface area contributed by atoms with Gasteiger partial charge in [-0.05, 0) is 6.07 Å². The molecule has 21 heavy (non-hydrogen) atoms. The smallest absolute Gasteiger partial charge is 0.310 e. The summed E-state index contributed by atoms with van der Waals surface area (Å²) in [4.78, 5) is 7.22. The third kappa shape index (κ3) is 2.60. The Morgan fingerprint density at radius 2 is 2.19 bits per heavy atom. The van der Waals surface area contributed by atoms with Crippen molar-refractivity contribution >= 4 is 11.8 Å². The zero-order valence-electron chi connectivity index (χ0n) is 11.2. The van der Waals surface area contributed by atoms with Crippen LogP contribution in [0.25, 0.3) is 5.73 Å². The maximum Gasteiger partial charge on any atom is 0.310 e. The average molecular weight is 303 g/mol. The van der Waals surface area contributed by atoms with Crippen molar-refractivity contribution < 1.29 is 22.6 Å². The highest BCUT2D eigenvalue weighted by Gasteiger charge is 2.58. The van der Waals surface area contributed by atoms with Crippen LogP contribution in [0.1, 0.15) is 12.1 Å². The second-order valence-electron chi connectivity index (χ2n) is 4.57. The summed E-state index contributed by atoms with van der Waals surface area (Å²) < 4.78 is 52.2. The number of pyridine rings is 1. The second kappa shape index (κ2) is 5.40. The zero-order chi connectivity index (χ0) is 15.7. The topological polar surface area (TPSA) is 93.5 Å². The van der Waals surface area contributed by atoms with Crippen molar-refractivity contribution in [2.75, 3.05) is 20.3 Å². The van der Waals surface area contributed by atoms with Gasteiger partial charge in [0.2, 0.25) is 0 Å². The number of hydrogen-bond donors (Lipinski definition) is 1. The molecule has 0 fully saturated rings. The molecule has 2 heterocycles. The minimum absolute atomic E-state index is 0.115. The summed E-state index contributed by atoms with van der Waals surface area (Å²) >= 11 is 0. The monoisotopic (exact) mass is 303 g/mol. The molecule has 0 saturated heterocycles. The SMILES string of the molecule is COCCC1(c2nc([NH-])ccc2F)N=C(N)OCC1(F)F. The number of aliphatic imine (C=N–C) groups is 1. The molecule has 1 atom stereocenters. The molecule has 9 heteroatoms. The molecule has 1 aliphatic heterocycles. The fourth-order valence-electron chi connectivity index (χ4n) is 2.15. The Morgan fingerprint density at radius 1 is 1.48 bits per heavy atom. The van der Waals surface area contributed by atoms with Gasteiger partial charge in [0.05, 0.1) is 0 Å². The Hall–Kier alpha value is -2.03. The number of nitrogens with one attached hydrogen (secondary N) is 1. The van der Waals surface area contributed by atoms with E-state index in [1.165, 1.54) is 7.11 Å². The molecule has 3 N–H and O–H groups in total. The standard InChI is InChI=1S/C12H14F3N4O2/c1-20-5-4-11(9-7(13)2-3-8(16)18-9)12(14,15)6-21-10(17)19-11/h2-3H,4-6H2,1H3,(H3-,16,17,18,19)/q-1. The predicted molar refractivity (Wildman–Crippen MR) is 68.9 cm³/mol. The molecule has 0 spiro atoms. The van der Waals surface area contributed by atoms with Crippen molar-refractivity contribution in [3.05, 3.63) is 29.4 Å². The number of rotatable bonds is 4. The summed E-state index contributed by atoms with van der Waals surface area (Å²) in [7, 11) is 1.32. The first-order chi connectivity index (χ1) is 9.82. The number of nitrogens with two attached hydrogens (primary N) is 1. The number of hydrogen-bond acceptors (Lipinski definition) is 5. The van der Waals surface area contributed by atoms with Crippen LogP contribution < -0.4 is 5.73 Å². The predicted octanol–water partition coefficient (Wildman–Crippen LogP) is 2.12. The van der Waals surface area contributed by atoms with Crippen molar-refractivity contribution in [1.82, 2.24) is 4.98 Å². The van der Waals surface area contributed by atoms with E-state index < -0.39 is 35.6 Å². The van der Waals surface area contributed by atoms with Crippen LogP contribution in [0.2, 0.25) is 0 Å². The van der Waals surface area contributed by atoms with E-state index in [1.807, 2.05) is 0 Å².